The number of amides is 1. The van der Waals surface area contributed by atoms with Gasteiger partial charge in [-0.05, 0) is 68.3 Å². The lowest BCUT2D eigenvalue weighted by Gasteiger charge is -2.11. The Hall–Kier alpha value is -1.44. The van der Waals surface area contributed by atoms with Gasteiger partial charge in [-0.1, -0.05) is 18.2 Å². The summed E-state index contributed by atoms with van der Waals surface area (Å²) in [4.78, 5) is 11.9. The van der Waals surface area contributed by atoms with Crippen LogP contribution >= 0.6 is 44.1 Å². The Morgan fingerprint density at radius 2 is 1.67 bits per heavy atom. The topological polar surface area (TPSA) is 61.4 Å². The Morgan fingerprint density at radius 1 is 1.10 bits per heavy atom. The van der Waals surface area contributed by atoms with E-state index in [2.05, 4.69) is 42.5 Å². The molecule has 0 unspecified atom stereocenters. The third-order valence-corrected chi connectivity index (χ3v) is 3.95. The number of benzene rings is 2. The number of carbonyl (C=O) groups excluding carboxylic acids is 1. The first kappa shape index (κ1) is 15.9. The highest BCUT2D eigenvalue weighted by Gasteiger charge is 2.09. The van der Waals surface area contributed by atoms with E-state index in [4.69, 9.17) is 12.2 Å². The number of carbonyl (C=O) groups is 1. The van der Waals surface area contributed by atoms with Gasteiger partial charge in [0.25, 0.3) is 5.91 Å². The summed E-state index contributed by atoms with van der Waals surface area (Å²) in [5.74, 6) is -0.190. The molecule has 0 aliphatic carbocycles. The zero-order valence-corrected chi connectivity index (χ0v) is 14.5. The van der Waals surface area contributed by atoms with E-state index >= 15 is 0 Å². The lowest BCUT2D eigenvalue weighted by atomic mass is 10.2. The van der Waals surface area contributed by atoms with Crippen LogP contribution in [0.3, 0.4) is 0 Å². The third-order valence-electron chi connectivity index (χ3n) is 2.54. The number of halogens is 2. The van der Waals surface area contributed by atoms with Crippen LogP contribution in [0.1, 0.15) is 10.4 Å². The number of hydrogen-bond donors (Lipinski definition) is 3. The Bertz CT molecular complexity index is 670. The predicted molar refractivity (Wildman–Crippen MR) is 93.6 cm³/mol. The average Bonchev–Trinajstić information content (AvgIpc) is 2.45. The lowest BCUT2D eigenvalue weighted by molar-refractivity contribution is 0.0977. The minimum atomic E-state index is -0.287. The van der Waals surface area contributed by atoms with Gasteiger partial charge in [0.2, 0.25) is 0 Å². The van der Waals surface area contributed by atoms with Crippen molar-refractivity contribution in [3.8, 4) is 5.75 Å². The molecule has 0 fully saturated rings. The number of hydrogen-bond acceptors (Lipinski definition) is 3. The second kappa shape index (κ2) is 7.02. The molecule has 0 spiro atoms. The van der Waals surface area contributed by atoms with Crippen molar-refractivity contribution in [2.24, 2.45) is 0 Å². The van der Waals surface area contributed by atoms with Gasteiger partial charge in [0.15, 0.2) is 5.11 Å². The van der Waals surface area contributed by atoms with Crippen LogP contribution in [0.5, 0.6) is 5.75 Å². The summed E-state index contributed by atoms with van der Waals surface area (Å²) in [7, 11) is 0. The summed E-state index contributed by atoms with van der Waals surface area (Å²) in [6.07, 6.45) is 0. The molecule has 2 rings (SSSR count). The molecule has 108 valence electrons. The van der Waals surface area contributed by atoms with E-state index in [-0.39, 0.29) is 16.8 Å². The number of nitrogens with one attached hydrogen (secondary N) is 2. The molecule has 0 aliphatic heterocycles. The smallest absolute Gasteiger partial charge is 0.257 e. The van der Waals surface area contributed by atoms with Crippen molar-refractivity contribution in [2.75, 3.05) is 5.32 Å². The van der Waals surface area contributed by atoms with Gasteiger partial charge in [0.1, 0.15) is 5.75 Å². The molecule has 0 saturated heterocycles. The summed E-state index contributed by atoms with van der Waals surface area (Å²) in [6, 6.07) is 12.1. The molecular formula is C14H10Br2N2O2S. The summed E-state index contributed by atoms with van der Waals surface area (Å²) in [6.45, 7) is 0. The van der Waals surface area contributed by atoms with Crippen molar-refractivity contribution in [2.45, 2.75) is 0 Å². The number of anilines is 1. The van der Waals surface area contributed by atoms with Crippen LogP contribution in [-0.4, -0.2) is 16.1 Å². The summed E-state index contributed by atoms with van der Waals surface area (Å²) >= 11 is 11.5. The Morgan fingerprint density at radius 3 is 2.24 bits per heavy atom. The van der Waals surface area contributed by atoms with Crippen LogP contribution in [-0.2, 0) is 0 Å². The lowest BCUT2D eigenvalue weighted by Crippen LogP contribution is -2.34. The number of phenols is 1. The molecule has 0 atom stereocenters. The Balaban J connectivity index is 2.04. The van der Waals surface area contributed by atoms with E-state index in [0.717, 1.165) is 0 Å². The fourth-order valence-electron chi connectivity index (χ4n) is 1.56. The molecule has 2 aromatic carbocycles. The largest absolute Gasteiger partial charge is 0.506 e. The number of phenolic OH excluding ortho intramolecular Hbond substituents is 1. The van der Waals surface area contributed by atoms with Gasteiger partial charge in [-0.3, -0.25) is 10.1 Å². The number of rotatable bonds is 2. The highest BCUT2D eigenvalue weighted by atomic mass is 79.9. The van der Waals surface area contributed by atoms with Crippen LogP contribution in [0.2, 0.25) is 0 Å². The van der Waals surface area contributed by atoms with Crippen LogP contribution in [0.25, 0.3) is 0 Å². The van der Waals surface area contributed by atoms with E-state index in [9.17, 15) is 9.90 Å². The molecular weight excluding hydrogens is 420 g/mol. The molecule has 0 aromatic heterocycles. The molecule has 0 aliphatic rings. The van der Waals surface area contributed by atoms with E-state index in [0.29, 0.717) is 20.2 Å². The molecule has 0 saturated carbocycles. The summed E-state index contributed by atoms with van der Waals surface area (Å²) < 4.78 is 1.02. The quantitative estimate of drug-likeness (QED) is 0.498. The van der Waals surface area contributed by atoms with Crippen molar-refractivity contribution in [3.63, 3.8) is 0 Å². The minimum Gasteiger partial charge on any atom is -0.506 e. The molecule has 1 amide bonds. The van der Waals surface area contributed by atoms with Crippen molar-refractivity contribution in [1.82, 2.24) is 5.32 Å². The fourth-order valence-corrected chi connectivity index (χ4v) is 2.96. The average molecular weight is 430 g/mol. The number of aromatic hydroxyl groups is 1. The maximum Gasteiger partial charge on any atom is 0.257 e. The minimum absolute atomic E-state index is 0.0970. The molecule has 21 heavy (non-hydrogen) atoms. The fraction of sp³-hybridized carbons (Fsp3) is 0. The molecule has 0 bridgehead atoms. The normalized spacial score (nSPS) is 10.0. The van der Waals surface area contributed by atoms with Crippen LogP contribution in [0, 0.1) is 0 Å². The second-order valence-corrected chi connectivity index (χ2v) is 6.18. The van der Waals surface area contributed by atoms with Crippen LogP contribution in [0.15, 0.2) is 51.4 Å². The highest BCUT2D eigenvalue weighted by molar-refractivity contribution is 9.11. The Labute approximate surface area is 143 Å². The monoisotopic (exact) mass is 428 g/mol. The molecule has 4 nitrogen and oxygen atoms in total. The molecule has 2 aromatic rings. The highest BCUT2D eigenvalue weighted by Crippen LogP contribution is 2.35. The first-order chi connectivity index (χ1) is 9.97. The third kappa shape index (κ3) is 4.26. The zero-order valence-electron chi connectivity index (χ0n) is 10.6. The standard InChI is InChI=1S/C14H10Br2N2O2S/c15-10-6-9(7-11(16)12(10)19)17-14(21)18-13(20)8-4-2-1-3-5-8/h1-7,19H,(H2,17,18,20,21). The maximum atomic E-state index is 11.9. The van der Waals surface area contributed by atoms with Crippen molar-refractivity contribution >= 4 is 60.8 Å². The molecule has 3 N–H and O–H groups in total. The summed E-state index contributed by atoms with van der Waals surface area (Å²) in [5.41, 5.74) is 1.15. The van der Waals surface area contributed by atoms with Crippen LogP contribution < -0.4 is 10.6 Å². The van der Waals surface area contributed by atoms with Gasteiger partial charge in [-0.15, -0.1) is 0 Å². The van der Waals surface area contributed by atoms with Crippen molar-refractivity contribution in [3.05, 3.63) is 57.0 Å². The van der Waals surface area contributed by atoms with Gasteiger partial charge >= 0.3 is 0 Å². The first-order valence-corrected chi connectivity index (χ1v) is 7.82. The molecule has 0 heterocycles. The van der Waals surface area contributed by atoms with Crippen LogP contribution in [0.4, 0.5) is 5.69 Å². The second-order valence-electron chi connectivity index (χ2n) is 4.06. The van der Waals surface area contributed by atoms with Gasteiger partial charge in [0, 0.05) is 11.3 Å². The predicted octanol–water partition coefficient (Wildman–Crippen LogP) is 4.04. The van der Waals surface area contributed by atoms with Gasteiger partial charge < -0.3 is 10.4 Å². The zero-order chi connectivity index (χ0) is 15.4. The Kier molecular flexibility index (Phi) is 5.33. The molecule has 0 radical (unpaired) electrons. The van der Waals surface area contributed by atoms with Gasteiger partial charge in [-0.25, -0.2) is 0 Å². The summed E-state index contributed by atoms with van der Waals surface area (Å²) in [5, 5.41) is 15.3. The molecule has 7 heteroatoms. The SMILES string of the molecule is O=C(NC(=S)Nc1cc(Br)c(O)c(Br)c1)c1ccccc1. The van der Waals surface area contributed by atoms with Gasteiger partial charge in [-0.2, -0.15) is 0 Å². The first-order valence-electron chi connectivity index (χ1n) is 5.83. The van der Waals surface area contributed by atoms with E-state index in [1.807, 2.05) is 6.07 Å². The van der Waals surface area contributed by atoms with E-state index in [1.54, 1.807) is 36.4 Å². The van der Waals surface area contributed by atoms with Gasteiger partial charge in [0.05, 0.1) is 8.95 Å². The van der Waals surface area contributed by atoms with Crippen molar-refractivity contribution < 1.29 is 9.90 Å². The van der Waals surface area contributed by atoms with E-state index < -0.39 is 0 Å². The maximum absolute atomic E-state index is 11.9. The van der Waals surface area contributed by atoms with E-state index in [1.165, 1.54) is 0 Å². The number of thiocarbonyl (C=S) groups is 1. The van der Waals surface area contributed by atoms with Crippen molar-refractivity contribution in [1.29, 1.82) is 0 Å².